The molecule has 0 amide bonds. The number of nitrogens with one attached hydrogen (secondary N) is 1. The average Bonchev–Trinajstić information content (AvgIpc) is 2.38. The van der Waals surface area contributed by atoms with Gasteiger partial charge in [-0.05, 0) is 74.5 Å². The fourth-order valence-corrected chi connectivity index (χ4v) is 2.57. The van der Waals surface area contributed by atoms with Gasteiger partial charge in [0.2, 0.25) is 0 Å². The Morgan fingerprint density at radius 2 is 1.83 bits per heavy atom. The quantitative estimate of drug-likeness (QED) is 0.861. The van der Waals surface area contributed by atoms with E-state index in [4.69, 9.17) is 5.26 Å². The van der Waals surface area contributed by atoms with Crippen molar-refractivity contribution in [3.8, 4) is 6.07 Å². The van der Waals surface area contributed by atoms with E-state index in [0.717, 1.165) is 18.7 Å². The molecule has 0 bridgehead atoms. The summed E-state index contributed by atoms with van der Waals surface area (Å²) in [6.07, 6.45) is 7.03. The number of piperidine rings is 1. The van der Waals surface area contributed by atoms with E-state index < -0.39 is 0 Å². The van der Waals surface area contributed by atoms with Crippen molar-refractivity contribution in [2.24, 2.45) is 5.92 Å². The largest absolute Gasteiger partial charge is 0.317 e. The van der Waals surface area contributed by atoms with Crippen molar-refractivity contribution < 1.29 is 0 Å². The van der Waals surface area contributed by atoms with Gasteiger partial charge in [-0.15, -0.1) is 0 Å². The lowest BCUT2D eigenvalue weighted by molar-refractivity contribution is 0.438. The van der Waals surface area contributed by atoms with Gasteiger partial charge in [0.25, 0.3) is 0 Å². The van der Waals surface area contributed by atoms with Gasteiger partial charge in [0.15, 0.2) is 0 Å². The summed E-state index contributed by atoms with van der Waals surface area (Å²) in [4.78, 5) is 0. The molecule has 1 aromatic carbocycles. The third-order valence-electron chi connectivity index (χ3n) is 3.64. The van der Waals surface area contributed by atoms with Crippen LogP contribution >= 0.6 is 0 Å². The van der Waals surface area contributed by atoms with Crippen molar-refractivity contribution in [3.63, 3.8) is 0 Å². The number of aryl methyl sites for hydroxylation is 2. The molecule has 0 aromatic heterocycles. The van der Waals surface area contributed by atoms with Crippen molar-refractivity contribution in [3.05, 3.63) is 40.5 Å². The zero-order valence-corrected chi connectivity index (χ0v) is 11.2. The number of hydrogen-bond donors (Lipinski definition) is 1. The molecule has 0 unspecified atom stereocenters. The smallest absolute Gasteiger partial charge is 0.0991 e. The monoisotopic (exact) mass is 240 g/mol. The minimum atomic E-state index is 0.695. The van der Waals surface area contributed by atoms with Gasteiger partial charge in [0.05, 0.1) is 11.6 Å². The molecule has 1 saturated heterocycles. The maximum atomic E-state index is 8.94. The van der Waals surface area contributed by atoms with Crippen LogP contribution < -0.4 is 5.32 Å². The van der Waals surface area contributed by atoms with Crippen molar-refractivity contribution in [2.45, 2.75) is 26.7 Å². The number of nitrogens with zero attached hydrogens (tertiary/aromatic N) is 1. The molecule has 2 heteroatoms. The Balaban J connectivity index is 2.18. The topological polar surface area (TPSA) is 35.8 Å². The maximum absolute atomic E-state index is 8.94. The number of hydrogen-bond acceptors (Lipinski definition) is 2. The third-order valence-corrected chi connectivity index (χ3v) is 3.64. The van der Waals surface area contributed by atoms with Gasteiger partial charge in [-0.25, -0.2) is 0 Å². The predicted octanol–water partition coefficient (Wildman–Crippen LogP) is 3.19. The second-order valence-electron chi connectivity index (χ2n) is 5.08. The summed E-state index contributed by atoms with van der Waals surface area (Å²) in [5.74, 6) is 0.695. The zero-order valence-electron chi connectivity index (χ0n) is 11.2. The molecule has 0 radical (unpaired) electrons. The lowest BCUT2D eigenvalue weighted by Crippen LogP contribution is -2.26. The highest BCUT2D eigenvalue weighted by atomic mass is 14.9. The number of rotatable bonds is 2. The van der Waals surface area contributed by atoms with Gasteiger partial charge in [-0.2, -0.15) is 5.26 Å². The molecule has 18 heavy (non-hydrogen) atoms. The molecule has 1 N–H and O–H groups in total. The van der Waals surface area contributed by atoms with E-state index in [0.29, 0.717) is 5.92 Å². The highest BCUT2D eigenvalue weighted by molar-refractivity contribution is 5.60. The third kappa shape index (κ3) is 3.00. The number of benzene rings is 1. The first-order chi connectivity index (χ1) is 8.70. The fourth-order valence-electron chi connectivity index (χ4n) is 2.57. The highest BCUT2D eigenvalue weighted by Crippen LogP contribution is 2.21. The SMILES string of the molecule is Cc1cc(C#N)cc(C)c1C=CC1CCNCC1. The minimum absolute atomic E-state index is 0.695. The van der Waals surface area contributed by atoms with Crippen molar-refractivity contribution in [2.75, 3.05) is 13.1 Å². The standard InChI is InChI=1S/C16H20N2/c1-12-9-15(11-17)10-13(2)16(12)4-3-14-5-7-18-8-6-14/h3-4,9-10,14,18H,5-8H2,1-2H3. The van der Waals surface area contributed by atoms with E-state index in [1.165, 1.54) is 29.5 Å². The fraction of sp³-hybridized carbons (Fsp3) is 0.438. The second-order valence-corrected chi connectivity index (χ2v) is 5.08. The Bertz CT molecular complexity index is 465. The normalized spacial score (nSPS) is 16.9. The molecule has 1 aliphatic heterocycles. The summed E-state index contributed by atoms with van der Waals surface area (Å²) >= 11 is 0. The van der Waals surface area contributed by atoms with Gasteiger partial charge >= 0.3 is 0 Å². The zero-order chi connectivity index (χ0) is 13.0. The predicted molar refractivity (Wildman–Crippen MR) is 75.3 cm³/mol. The lowest BCUT2D eigenvalue weighted by atomic mass is 9.94. The molecule has 0 aliphatic carbocycles. The van der Waals surface area contributed by atoms with Gasteiger partial charge < -0.3 is 5.32 Å². The summed E-state index contributed by atoms with van der Waals surface area (Å²) < 4.78 is 0. The molecule has 1 aliphatic rings. The Kier molecular flexibility index (Phi) is 4.17. The van der Waals surface area contributed by atoms with E-state index in [2.05, 4.69) is 37.4 Å². The van der Waals surface area contributed by atoms with Crippen molar-refractivity contribution in [1.82, 2.24) is 5.32 Å². The molecule has 1 heterocycles. The first kappa shape index (κ1) is 12.9. The van der Waals surface area contributed by atoms with E-state index >= 15 is 0 Å². The molecule has 0 spiro atoms. The summed E-state index contributed by atoms with van der Waals surface area (Å²) in [6.45, 7) is 6.41. The van der Waals surface area contributed by atoms with E-state index in [9.17, 15) is 0 Å². The van der Waals surface area contributed by atoms with Crippen molar-refractivity contribution >= 4 is 6.08 Å². The molecular weight excluding hydrogens is 220 g/mol. The van der Waals surface area contributed by atoms with Crippen LogP contribution in [-0.4, -0.2) is 13.1 Å². The lowest BCUT2D eigenvalue weighted by Gasteiger charge is -2.19. The molecule has 1 fully saturated rings. The van der Waals surface area contributed by atoms with E-state index in [1.807, 2.05) is 12.1 Å². The Morgan fingerprint density at radius 3 is 2.39 bits per heavy atom. The van der Waals surface area contributed by atoms with Crippen LogP contribution in [0.25, 0.3) is 6.08 Å². The summed E-state index contributed by atoms with van der Waals surface area (Å²) in [7, 11) is 0. The summed E-state index contributed by atoms with van der Waals surface area (Å²) in [5, 5.41) is 12.3. The highest BCUT2D eigenvalue weighted by Gasteiger charge is 2.09. The van der Waals surface area contributed by atoms with Gasteiger partial charge in [-0.3, -0.25) is 0 Å². The first-order valence-corrected chi connectivity index (χ1v) is 6.61. The number of nitriles is 1. The molecule has 0 saturated carbocycles. The van der Waals surface area contributed by atoms with Gasteiger partial charge in [0.1, 0.15) is 0 Å². The van der Waals surface area contributed by atoms with Crippen LogP contribution in [0.15, 0.2) is 18.2 Å². The molecule has 2 rings (SSSR count). The number of allylic oxidation sites excluding steroid dienone is 1. The van der Waals surface area contributed by atoms with Gasteiger partial charge in [0, 0.05) is 0 Å². The molecule has 0 atom stereocenters. The Labute approximate surface area is 109 Å². The molecular formula is C16H20N2. The van der Waals surface area contributed by atoms with Crippen LogP contribution in [-0.2, 0) is 0 Å². The van der Waals surface area contributed by atoms with Crippen LogP contribution in [0.4, 0.5) is 0 Å². The minimum Gasteiger partial charge on any atom is -0.317 e. The Morgan fingerprint density at radius 1 is 1.22 bits per heavy atom. The van der Waals surface area contributed by atoms with E-state index in [-0.39, 0.29) is 0 Å². The first-order valence-electron chi connectivity index (χ1n) is 6.61. The average molecular weight is 240 g/mol. The Hall–Kier alpha value is -1.59. The van der Waals surface area contributed by atoms with Crippen molar-refractivity contribution in [1.29, 1.82) is 5.26 Å². The van der Waals surface area contributed by atoms with Crippen LogP contribution in [0.5, 0.6) is 0 Å². The second kappa shape index (κ2) is 5.84. The summed E-state index contributed by atoms with van der Waals surface area (Å²) in [5.41, 5.74) is 4.41. The maximum Gasteiger partial charge on any atom is 0.0991 e. The molecule has 94 valence electrons. The molecule has 2 nitrogen and oxygen atoms in total. The van der Waals surface area contributed by atoms with E-state index in [1.54, 1.807) is 0 Å². The summed E-state index contributed by atoms with van der Waals surface area (Å²) in [6, 6.07) is 6.14. The van der Waals surface area contributed by atoms with Crippen LogP contribution in [0, 0.1) is 31.1 Å². The van der Waals surface area contributed by atoms with Crippen LogP contribution in [0.3, 0.4) is 0 Å². The molecule has 1 aromatic rings. The van der Waals surface area contributed by atoms with Crippen LogP contribution in [0.1, 0.15) is 35.1 Å². The van der Waals surface area contributed by atoms with Crippen LogP contribution in [0.2, 0.25) is 0 Å². The van der Waals surface area contributed by atoms with Gasteiger partial charge in [-0.1, -0.05) is 12.2 Å².